The highest BCUT2D eigenvalue weighted by atomic mass is 127. The van der Waals surface area contributed by atoms with Crippen molar-refractivity contribution in [3.05, 3.63) is 21.5 Å². The number of nitrogens with zero attached hydrogens (tertiary/aromatic N) is 3. The molecule has 1 aliphatic heterocycles. The van der Waals surface area contributed by atoms with E-state index in [0.717, 1.165) is 11.4 Å². The average Bonchev–Trinajstić information content (AvgIpc) is 2.30. The zero-order valence-corrected chi connectivity index (χ0v) is 8.03. The fourth-order valence-corrected chi connectivity index (χ4v) is 1.84. The van der Waals surface area contributed by atoms with Gasteiger partial charge in [0, 0.05) is 18.4 Å². The van der Waals surface area contributed by atoms with E-state index in [9.17, 15) is 0 Å². The van der Waals surface area contributed by atoms with Crippen LogP contribution in [0.15, 0.2) is 16.4 Å². The first kappa shape index (κ1) is 6.94. The van der Waals surface area contributed by atoms with Crippen molar-refractivity contribution in [1.82, 2.24) is 4.57 Å². The third kappa shape index (κ3) is 0.985. The van der Waals surface area contributed by atoms with Gasteiger partial charge in [-0.1, -0.05) is 5.11 Å². The second-order valence-electron chi connectivity index (χ2n) is 2.30. The standard InChI is InChI=1S/C7H5IN3/c1-11-4-6(8)5-2-3-9-10-7(5)11/h2,4H,1H3/q+1. The highest BCUT2D eigenvalue weighted by Gasteiger charge is 2.20. The van der Waals surface area contributed by atoms with Crippen LogP contribution in [-0.2, 0) is 7.05 Å². The summed E-state index contributed by atoms with van der Waals surface area (Å²) in [7, 11) is 1.96. The number of rotatable bonds is 0. The van der Waals surface area contributed by atoms with E-state index in [4.69, 9.17) is 0 Å². The first-order chi connectivity index (χ1) is 5.29. The second kappa shape index (κ2) is 2.39. The van der Waals surface area contributed by atoms with Gasteiger partial charge >= 0.3 is 0 Å². The predicted octanol–water partition coefficient (Wildman–Crippen LogP) is 2.50. The summed E-state index contributed by atoms with van der Waals surface area (Å²) < 4.78 is 3.14. The molecule has 0 spiro atoms. The lowest BCUT2D eigenvalue weighted by Gasteiger charge is -1.89. The lowest BCUT2D eigenvalue weighted by Crippen LogP contribution is -1.83. The van der Waals surface area contributed by atoms with E-state index in [1.165, 1.54) is 3.57 Å². The van der Waals surface area contributed by atoms with Gasteiger partial charge in [0.15, 0.2) is 11.6 Å². The van der Waals surface area contributed by atoms with Gasteiger partial charge in [-0.15, -0.1) is 0 Å². The van der Waals surface area contributed by atoms with Crippen molar-refractivity contribution in [2.45, 2.75) is 0 Å². The molecule has 0 aliphatic carbocycles. The zero-order chi connectivity index (χ0) is 7.84. The minimum Gasteiger partial charge on any atom is -0.314 e. The summed E-state index contributed by atoms with van der Waals surface area (Å²) in [6.45, 7) is 0. The van der Waals surface area contributed by atoms with Crippen molar-refractivity contribution < 1.29 is 0 Å². The molecular formula is C7H5IN3+. The molecule has 3 nitrogen and oxygen atoms in total. The second-order valence-corrected chi connectivity index (χ2v) is 3.46. The molecule has 0 aromatic carbocycles. The van der Waals surface area contributed by atoms with E-state index < -0.39 is 0 Å². The molecule has 1 aliphatic rings. The smallest absolute Gasteiger partial charge is 0.251 e. The predicted molar refractivity (Wildman–Crippen MR) is 50.4 cm³/mol. The maximum atomic E-state index is 3.95. The third-order valence-corrected chi connectivity index (χ3v) is 2.41. The van der Waals surface area contributed by atoms with E-state index >= 15 is 0 Å². The number of aromatic nitrogens is 1. The molecule has 0 amide bonds. The summed E-state index contributed by atoms with van der Waals surface area (Å²) >= 11 is 2.27. The van der Waals surface area contributed by atoms with Crippen LogP contribution in [0, 0.1) is 9.77 Å². The van der Waals surface area contributed by atoms with Crippen LogP contribution in [0.25, 0.3) is 6.08 Å². The molecule has 2 heterocycles. The summed E-state index contributed by atoms with van der Waals surface area (Å²) in [5.74, 6) is 0.910. The highest BCUT2D eigenvalue weighted by Crippen LogP contribution is 2.29. The van der Waals surface area contributed by atoms with Gasteiger partial charge in [-0.3, -0.25) is 0 Å². The molecule has 0 fully saturated rings. The average molecular weight is 258 g/mol. The van der Waals surface area contributed by atoms with Crippen LogP contribution in [0.3, 0.4) is 0 Å². The molecule has 4 heteroatoms. The van der Waals surface area contributed by atoms with Gasteiger partial charge in [-0.05, 0) is 22.6 Å². The largest absolute Gasteiger partial charge is 0.314 e. The molecule has 11 heavy (non-hydrogen) atoms. The molecule has 1 aromatic rings. The Bertz CT molecular complexity index is 316. The summed E-state index contributed by atoms with van der Waals surface area (Å²) in [6.07, 6.45) is 6.58. The minimum absolute atomic E-state index is 0.910. The van der Waals surface area contributed by atoms with E-state index in [1.54, 1.807) is 0 Å². The van der Waals surface area contributed by atoms with Crippen molar-refractivity contribution in [1.29, 1.82) is 0 Å². The molecule has 0 N–H and O–H groups in total. The summed E-state index contributed by atoms with van der Waals surface area (Å²) in [5.41, 5.74) is 1.11. The van der Waals surface area contributed by atoms with Crippen LogP contribution in [-0.4, -0.2) is 4.57 Å². The van der Waals surface area contributed by atoms with Crippen molar-refractivity contribution >= 4 is 34.5 Å². The minimum atomic E-state index is 0.910. The Kier molecular flexibility index (Phi) is 1.51. The van der Waals surface area contributed by atoms with Gasteiger partial charge < -0.3 is 4.57 Å². The van der Waals surface area contributed by atoms with Gasteiger partial charge in [-0.25, -0.2) is 0 Å². The van der Waals surface area contributed by atoms with E-state index in [0.29, 0.717) is 0 Å². The van der Waals surface area contributed by atoms with Gasteiger partial charge in [-0.2, -0.15) is 0 Å². The highest BCUT2D eigenvalue weighted by molar-refractivity contribution is 14.1. The van der Waals surface area contributed by atoms with Crippen LogP contribution in [0.5, 0.6) is 0 Å². The number of hydrogen-bond donors (Lipinski definition) is 0. The maximum Gasteiger partial charge on any atom is 0.251 e. The van der Waals surface area contributed by atoms with Gasteiger partial charge in [0.05, 0.1) is 0 Å². The number of fused-ring (bicyclic) bond motifs is 1. The number of hydrogen-bond acceptors (Lipinski definition) is 2. The molecule has 0 radical (unpaired) electrons. The van der Waals surface area contributed by atoms with Crippen LogP contribution < -0.4 is 0 Å². The van der Waals surface area contributed by atoms with Crippen molar-refractivity contribution in [2.24, 2.45) is 17.3 Å². The zero-order valence-electron chi connectivity index (χ0n) is 5.87. The Morgan fingerprint density at radius 1 is 1.64 bits per heavy atom. The number of halogens is 1. The van der Waals surface area contributed by atoms with Crippen molar-refractivity contribution in [3.8, 4) is 0 Å². The first-order valence-electron chi connectivity index (χ1n) is 3.13. The number of aryl methyl sites for hydroxylation is 1. The topological polar surface area (TPSA) is 29.6 Å². The number of azo groups is 1. The molecule has 0 atom stereocenters. The van der Waals surface area contributed by atoms with Crippen LogP contribution >= 0.6 is 22.6 Å². The molecular weight excluding hydrogens is 253 g/mol. The van der Waals surface area contributed by atoms with E-state index in [1.807, 2.05) is 23.9 Å². The van der Waals surface area contributed by atoms with Gasteiger partial charge in [0.25, 0.3) is 5.82 Å². The third-order valence-electron chi connectivity index (χ3n) is 1.55. The molecule has 0 saturated heterocycles. The van der Waals surface area contributed by atoms with Crippen LogP contribution in [0.1, 0.15) is 5.56 Å². The summed E-state index contributed by atoms with van der Waals surface area (Å²) in [6, 6.07) is 0. The summed E-state index contributed by atoms with van der Waals surface area (Å²) in [4.78, 5) is 0. The van der Waals surface area contributed by atoms with Gasteiger partial charge in [0.2, 0.25) is 6.20 Å². The normalized spacial score (nSPS) is 12.9. The summed E-state index contributed by atoms with van der Waals surface area (Å²) in [5, 5.41) is 7.64. The Hall–Kier alpha value is -0.740. The lowest BCUT2D eigenvalue weighted by molar-refractivity contribution is 0.902. The van der Waals surface area contributed by atoms with Gasteiger partial charge in [0.1, 0.15) is 3.57 Å². The quantitative estimate of drug-likeness (QED) is 0.505. The molecule has 0 unspecified atom stereocenters. The molecule has 1 aromatic heterocycles. The monoisotopic (exact) mass is 258 g/mol. The van der Waals surface area contributed by atoms with E-state index in [2.05, 4.69) is 39.0 Å². The Morgan fingerprint density at radius 2 is 2.45 bits per heavy atom. The molecule has 54 valence electrons. The fourth-order valence-electron chi connectivity index (χ4n) is 1.03. The maximum absolute atomic E-state index is 3.95. The fraction of sp³-hybridized carbons (Fsp3) is 0.143. The van der Waals surface area contributed by atoms with Crippen molar-refractivity contribution in [3.63, 3.8) is 0 Å². The van der Waals surface area contributed by atoms with Crippen molar-refractivity contribution in [2.75, 3.05) is 0 Å². The first-order valence-corrected chi connectivity index (χ1v) is 4.21. The molecule has 2 rings (SSSR count). The van der Waals surface area contributed by atoms with Crippen LogP contribution in [0.2, 0.25) is 0 Å². The Labute approximate surface area is 78.0 Å². The Morgan fingerprint density at radius 3 is 3.18 bits per heavy atom. The SMILES string of the molecule is Cn1cc(I)c2c1N=N[C+]=C2. The lowest BCUT2D eigenvalue weighted by atomic mass is 10.3. The molecule has 0 bridgehead atoms. The molecule has 0 saturated carbocycles. The Balaban J connectivity index is 2.73. The van der Waals surface area contributed by atoms with Crippen LogP contribution in [0.4, 0.5) is 5.82 Å². The van der Waals surface area contributed by atoms with E-state index in [-0.39, 0.29) is 0 Å².